The number of hydrogen-bond acceptors (Lipinski definition) is 6. The molecule has 0 aromatic heterocycles. The topological polar surface area (TPSA) is 86.2 Å². The molecular weight excluding hydrogens is 467 g/mol. The highest BCUT2D eigenvalue weighted by Gasteiger charge is 2.13. The van der Waals surface area contributed by atoms with Gasteiger partial charge >= 0.3 is 5.97 Å². The molecule has 3 aromatic rings. The second kappa shape index (κ2) is 11.4. The van der Waals surface area contributed by atoms with Crippen LogP contribution in [0.25, 0.3) is 0 Å². The predicted octanol–water partition coefficient (Wildman–Crippen LogP) is 5.38. The van der Waals surface area contributed by atoms with E-state index in [1.54, 1.807) is 48.5 Å². The monoisotopic (exact) mass is 486 g/mol. The van der Waals surface area contributed by atoms with Crippen molar-refractivity contribution >= 4 is 41.3 Å². The highest BCUT2D eigenvalue weighted by Crippen LogP contribution is 2.28. The Balaban J connectivity index is 1.66. The van der Waals surface area contributed by atoms with E-state index in [2.05, 4.69) is 10.5 Å². The van der Waals surface area contributed by atoms with Crippen LogP contribution in [0.15, 0.2) is 65.8 Å². The van der Waals surface area contributed by atoms with Gasteiger partial charge in [0.2, 0.25) is 0 Å². The number of esters is 1. The third-order valence-electron chi connectivity index (χ3n) is 4.35. The molecule has 0 bridgehead atoms. The summed E-state index contributed by atoms with van der Waals surface area (Å²) in [5.41, 5.74) is 3.61. The van der Waals surface area contributed by atoms with Gasteiger partial charge in [-0.2, -0.15) is 5.10 Å². The van der Waals surface area contributed by atoms with E-state index in [-0.39, 0.29) is 16.3 Å². The molecule has 33 heavy (non-hydrogen) atoms. The quantitative estimate of drug-likeness (QED) is 0.200. The molecule has 0 aliphatic rings. The van der Waals surface area contributed by atoms with Crippen LogP contribution in [0.5, 0.6) is 17.2 Å². The molecule has 0 unspecified atom stereocenters. The van der Waals surface area contributed by atoms with Gasteiger partial charge in [0.1, 0.15) is 5.75 Å². The van der Waals surface area contributed by atoms with E-state index in [4.69, 9.17) is 37.4 Å². The highest BCUT2D eigenvalue weighted by molar-refractivity contribution is 6.36. The van der Waals surface area contributed by atoms with Crippen molar-refractivity contribution in [2.75, 3.05) is 13.7 Å². The van der Waals surface area contributed by atoms with Gasteiger partial charge < -0.3 is 14.2 Å². The van der Waals surface area contributed by atoms with Crippen molar-refractivity contribution < 1.29 is 23.8 Å². The van der Waals surface area contributed by atoms with Crippen molar-refractivity contribution in [2.45, 2.75) is 6.92 Å². The maximum absolute atomic E-state index is 12.5. The zero-order valence-electron chi connectivity index (χ0n) is 17.8. The van der Waals surface area contributed by atoms with E-state index in [0.29, 0.717) is 34.3 Å². The lowest BCUT2D eigenvalue weighted by Crippen LogP contribution is -2.18. The van der Waals surface area contributed by atoms with Gasteiger partial charge in [0.25, 0.3) is 5.91 Å². The predicted molar refractivity (Wildman–Crippen MR) is 127 cm³/mol. The number of nitrogens with zero attached hydrogens (tertiary/aromatic N) is 1. The van der Waals surface area contributed by atoms with E-state index in [1.165, 1.54) is 25.5 Å². The molecule has 0 heterocycles. The second-order valence-electron chi connectivity index (χ2n) is 6.58. The number of hydrazone groups is 1. The molecule has 0 atom stereocenters. The molecule has 3 rings (SSSR count). The molecule has 0 spiro atoms. The largest absolute Gasteiger partial charge is 0.494 e. The first-order valence-corrected chi connectivity index (χ1v) is 10.6. The Hall–Kier alpha value is -3.55. The summed E-state index contributed by atoms with van der Waals surface area (Å²) >= 11 is 11.9. The molecule has 0 fully saturated rings. The molecule has 7 nitrogen and oxygen atoms in total. The van der Waals surface area contributed by atoms with Crippen molar-refractivity contribution in [3.8, 4) is 17.2 Å². The van der Waals surface area contributed by atoms with Crippen LogP contribution in [0.3, 0.4) is 0 Å². The number of halogens is 2. The van der Waals surface area contributed by atoms with Crippen molar-refractivity contribution in [3.05, 3.63) is 87.4 Å². The number of amides is 1. The van der Waals surface area contributed by atoms with Crippen molar-refractivity contribution in [2.24, 2.45) is 5.10 Å². The summed E-state index contributed by atoms with van der Waals surface area (Å²) in [6.45, 7) is 2.42. The summed E-state index contributed by atoms with van der Waals surface area (Å²) in [7, 11) is 1.45. The van der Waals surface area contributed by atoms with E-state index in [1.807, 2.05) is 6.92 Å². The second-order valence-corrected chi connectivity index (χ2v) is 7.42. The Labute approximate surface area is 200 Å². The van der Waals surface area contributed by atoms with Crippen LogP contribution in [-0.4, -0.2) is 31.8 Å². The number of ether oxygens (including phenoxy) is 3. The van der Waals surface area contributed by atoms with E-state index < -0.39 is 11.9 Å². The summed E-state index contributed by atoms with van der Waals surface area (Å²) in [5.74, 6) is 0.210. The van der Waals surface area contributed by atoms with E-state index in [0.717, 1.165) is 0 Å². The van der Waals surface area contributed by atoms with Gasteiger partial charge in [0.05, 0.1) is 36.1 Å². The van der Waals surface area contributed by atoms with E-state index >= 15 is 0 Å². The molecule has 0 aliphatic carbocycles. The smallest absolute Gasteiger partial charge is 0.343 e. The summed E-state index contributed by atoms with van der Waals surface area (Å²) in [5, 5.41) is 4.57. The number of benzene rings is 3. The van der Waals surface area contributed by atoms with Crippen LogP contribution in [0.4, 0.5) is 0 Å². The third-order valence-corrected chi connectivity index (χ3v) is 4.89. The minimum atomic E-state index is -0.537. The van der Waals surface area contributed by atoms with Crippen LogP contribution in [-0.2, 0) is 0 Å². The lowest BCUT2D eigenvalue weighted by Gasteiger charge is -2.10. The molecule has 0 saturated heterocycles. The summed E-state index contributed by atoms with van der Waals surface area (Å²) < 4.78 is 16.1. The lowest BCUT2D eigenvalue weighted by atomic mass is 10.2. The first-order chi connectivity index (χ1) is 15.9. The van der Waals surface area contributed by atoms with Gasteiger partial charge in [-0.3, -0.25) is 4.79 Å². The Kier molecular flexibility index (Phi) is 8.29. The number of rotatable bonds is 8. The Morgan fingerprint density at radius 1 is 1.00 bits per heavy atom. The highest BCUT2D eigenvalue weighted by atomic mass is 35.5. The van der Waals surface area contributed by atoms with Crippen molar-refractivity contribution in [1.29, 1.82) is 0 Å². The average molecular weight is 487 g/mol. The maximum atomic E-state index is 12.5. The summed E-state index contributed by atoms with van der Waals surface area (Å²) in [6.07, 6.45) is 1.42. The fourth-order valence-corrected chi connectivity index (χ4v) is 3.26. The Morgan fingerprint density at radius 2 is 1.76 bits per heavy atom. The standard InChI is InChI=1S/C24H20Cl2N2O5/c1-3-32-18-8-5-16(6-9-18)24(30)33-21-11-4-15(12-22(21)31-2)14-27-28-23(29)19-10-7-17(25)13-20(19)26/h4-14H,3H2,1-2H3,(H,28,29). The van der Waals surface area contributed by atoms with Crippen LogP contribution in [0.1, 0.15) is 33.2 Å². The Morgan fingerprint density at radius 3 is 2.42 bits per heavy atom. The van der Waals surface area contributed by atoms with Gasteiger partial charge in [0.15, 0.2) is 11.5 Å². The summed E-state index contributed by atoms with van der Waals surface area (Å²) in [6, 6.07) is 16.0. The average Bonchev–Trinajstić information content (AvgIpc) is 2.80. The molecule has 170 valence electrons. The zero-order valence-corrected chi connectivity index (χ0v) is 19.3. The van der Waals surface area contributed by atoms with Crippen molar-refractivity contribution in [3.63, 3.8) is 0 Å². The fourth-order valence-electron chi connectivity index (χ4n) is 2.76. The molecule has 1 N–H and O–H groups in total. The van der Waals surface area contributed by atoms with Crippen LogP contribution in [0.2, 0.25) is 10.0 Å². The number of carbonyl (C=O) groups is 2. The van der Waals surface area contributed by atoms with Gasteiger partial charge in [-0.25, -0.2) is 10.2 Å². The van der Waals surface area contributed by atoms with Crippen molar-refractivity contribution in [1.82, 2.24) is 5.43 Å². The number of hydrogen-bond donors (Lipinski definition) is 1. The van der Waals surface area contributed by atoms with Gasteiger partial charge in [-0.1, -0.05) is 23.2 Å². The fraction of sp³-hybridized carbons (Fsp3) is 0.125. The zero-order chi connectivity index (χ0) is 23.8. The number of methoxy groups -OCH3 is 1. The molecule has 0 radical (unpaired) electrons. The molecule has 9 heteroatoms. The SMILES string of the molecule is CCOc1ccc(C(=O)Oc2ccc(C=NNC(=O)c3ccc(Cl)cc3Cl)cc2OC)cc1. The van der Waals surface area contributed by atoms with Gasteiger partial charge in [-0.05, 0) is 73.2 Å². The third kappa shape index (κ3) is 6.47. The first kappa shape index (κ1) is 24.1. The molecule has 3 aromatic carbocycles. The first-order valence-electron chi connectivity index (χ1n) is 9.82. The minimum Gasteiger partial charge on any atom is -0.494 e. The number of carbonyl (C=O) groups excluding carboxylic acids is 2. The van der Waals surface area contributed by atoms with Crippen LogP contribution in [0, 0.1) is 0 Å². The lowest BCUT2D eigenvalue weighted by molar-refractivity contribution is 0.0729. The normalized spacial score (nSPS) is 10.7. The van der Waals surface area contributed by atoms with Gasteiger partial charge in [0, 0.05) is 5.02 Å². The van der Waals surface area contributed by atoms with Crippen LogP contribution >= 0.6 is 23.2 Å². The van der Waals surface area contributed by atoms with E-state index in [9.17, 15) is 9.59 Å². The summed E-state index contributed by atoms with van der Waals surface area (Å²) in [4.78, 5) is 24.7. The number of nitrogens with one attached hydrogen (secondary N) is 1. The minimum absolute atomic E-state index is 0.218. The maximum Gasteiger partial charge on any atom is 0.343 e. The molecule has 0 aliphatic heterocycles. The molecule has 1 amide bonds. The Bertz CT molecular complexity index is 1180. The van der Waals surface area contributed by atoms with Crippen LogP contribution < -0.4 is 19.6 Å². The van der Waals surface area contributed by atoms with Gasteiger partial charge in [-0.15, -0.1) is 0 Å². The molecular formula is C24H20Cl2N2O5. The molecule has 0 saturated carbocycles.